The molecule has 0 spiro atoms. The molecule has 0 atom stereocenters. The highest BCUT2D eigenvalue weighted by Gasteiger charge is 2.08. The Kier molecular flexibility index (Phi) is 10.7. The number of hydrogen-bond acceptors (Lipinski definition) is 5. The average Bonchev–Trinajstić information content (AvgIpc) is 2.34. The number of rotatable bonds is 10. The van der Waals surface area contributed by atoms with Crippen molar-refractivity contribution in [3.05, 3.63) is 0 Å². The molecule has 0 aromatic rings. The molecule has 0 aliphatic heterocycles. The van der Waals surface area contributed by atoms with Crippen molar-refractivity contribution in [2.45, 2.75) is 58.3 Å². The van der Waals surface area contributed by atoms with Crippen LogP contribution < -0.4 is 0 Å². The predicted molar refractivity (Wildman–Crippen MR) is 62.3 cm³/mol. The smallest absolute Gasteiger partial charge is 0.342 e. The standard InChI is InChI=1S/C12H22O5/c1-2-3-4-5-6-7-10-16-11(13)8-9-12(14)17-15/h15H,2-10H2,1H3. The zero-order valence-electron chi connectivity index (χ0n) is 10.4. The van der Waals surface area contributed by atoms with Gasteiger partial charge in [0.05, 0.1) is 19.4 Å². The average molecular weight is 246 g/mol. The number of hydrogen-bond donors (Lipinski definition) is 1. The van der Waals surface area contributed by atoms with Crippen molar-refractivity contribution in [3.8, 4) is 0 Å². The Morgan fingerprint density at radius 3 is 2.18 bits per heavy atom. The van der Waals surface area contributed by atoms with Crippen molar-refractivity contribution in [2.24, 2.45) is 0 Å². The van der Waals surface area contributed by atoms with E-state index in [2.05, 4.69) is 11.8 Å². The Morgan fingerprint density at radius 1 is 0.941 bits per heavy atom. The first-order valence-corrected chi connectivity index (χ1v) is 6.20. The minimum Gasteiger partial charge on any atom is -0.466 e. The highest BCUT2D eigenvalue weighted by molar-refractivity contribution is 5.77. The first-order valence-electron chi connectivity index (χ1n) is 6.20. The van der Waals surface area contributed by atoms with E-state index in [1.807, 2.05) is 0 Å². The molecule has 0 aromatic carbocycles. The summed E-state index contributed by atoms with van der Waals surface area (Å²) >= 11 is 0. The van der Waals surface area contributed by atoms with Gasteiger partial charge in [-0.25, -0.2) is 4.79 Å². The van der Waals surface area contributed by atoms with Crippen molar-refractivity contribution in [1.29, 1.82) is 0 Å². The van der Waals surface area contributed by atoms with Crippen LogP contribution in [0.3, 0.4) is 0 Å². The second-order valence-electron chi connectivity index (χ2n) is 3.95. The van der Waals surface area contributed by atoms with Crippen LogP contribution in [0.2, 0.25) is 0 Å². The van der Waals surface area contributed by atoms with Gasteiger partial charge in [0.25, 0.3) is 0 Å². The lowest BCUT2D eigenvalue weighted by Crippen LogP contribution is -2.09. The molecular formula is C12H22O5. The van der Waals surface area contributed by atoms with Gasteiger partial charge in [0.15, 0.2) is 0 Å². The van der Waals surface area contributed by atoms with Crippen molar-refractivity contribution in [1.82, 2.24) is 0 Å². The van der Waals surface area contributed by atoms with Crippen molar-refractivity contribution >= 4 is 11.9 Å². The zero-order chi connectivity index (χ0) is 12.9. The Bertz CT molecular complexity index is 215. The molecule has 0 amide bonds. The Hall–Kier alpha value is -1.10. The first kappa shape index (κ1) is 15.9. The monoisotopic (exact) mass is 246 g/mol. The van der Waals surface area contributed by atoms with Crippen LogP contribution in [0, 0.1) is 0 Å². The van der Waals surface area contributed by atoms with Gasteiger partial charge in [-0.3, -0.25) is 4.79 Å². The van der Waals surface area contributed by atoms with E-state index in [0.717, 1.165) is 12.8 Å². The van der Waals surface area contributed by atoms with E-state index >= 15 is 0 Å². The van der Waals surface area contributed by atoms with Gasteiger partial charge in [-0.2, -0.15) is 5.26 Å². The lowest BCUT2D eigenvalue weighted by Gasteiger charge is -2.04. The molecule has 17 heavy (non-hydrogen) atoms. The highest BCUT2D eigenvalue weighted by Crippen LogP contribution is 2.05. The molecule has 0 radical (unpaired) electrons. The van der Waals surface area contributed by atoms with Gasteiger partial charge in [0, 0.05) is 0 Å². The van der Waals surface area contributed by atoms with E-state index in [-0.39, 0.29) is 12.8 Å². The molecule has 0 rings (SSSR count). The summed E-state index contributed by atoms with van der Waals surface area (Å²) in [5.74, 6) is -1.24. The minimum atomic E-state index is -0.818. The summed E-state index contributed by atoms with van der Waals surface area (Å²) < 4.78 is 4.92. The third-order valence-electron chi connectivity index (χ3n) is 2.40. The van der Waals surface area contributed by atoms with Gasteiger partial charge in [-0.05, 0) is 6.42 Å². The summed E-state index contributed by atoms with van der Waals surface area (Å²) in [6.45, 7) is 2.57. The van der Waals surface area contributed by atoms with E-state index in [1.165, 1.54) is 25.7 Å². The Morgan fingerprint density at radius 2 is 1.53 bits per heavy atom. The number of esters is 1. The lowest BCUT2D eigenvalue weighted by atomic mass is 10.1. The fourth-order valence-electron chi connectivity index (χ4n) is 1.39. The minimum absolute atomic E-state index is 0.0464. The quantitative estimate of drug-likeness (QED) is 0.278. The molecule has 0 fully saturated rings. The van der Waals surface area contributed by atoms with Crippen LogP contribution in [0.4, 0.5) is 0 Å². The number of ether oxygens (including phenoxy) is 1. The topological polar surface area (TPSA) is 72.8 Å². The summed E-state index contributed by atoms with van der Waals surface area (Å²) in [6, 6.07) is 0. The summed E-state index contributed by atoms with van der Waals surface area (Å²) in [4.78, 5) is 25.0. The van der Waals surface area contributed by atoms with Crippen LogP contribution in [0.25, 0.3) is 0 Å². The van der Waals surface area contributed by atoms with Crippen LogP contribution in [0.1, 0.15) is 58.3 Å². The molecule has 0 saturated carbocycles. The summed E-state index contributed by atoms with van der Waals surface area (Å²) in [6.07, 6.45) is 6.60. The Balaban J connectivity index is 3.25. The largest absolute Gasteiger partial charge is 0.466 e. The molecule has 1 N–H and O–H groups in total. The SMILES string of the molecule is CCCCCCCCOC(=O)CCC(=O)OO. The number of carbonyl (C=O) groups excluding carboxylic acids is 2. The molecule has 5 heteroatoms. The normalized spacial score (nSPS) is 10.0. The predicted octanol–water partition coefficient (Wildman–Crippen LogP) is 2.69. The van der Waals surface area contributed by atoms with Crippen LogP contribution in [-0.2, 0) is 19.2 Å². The molecule has 0 heterocycles. The van der Waals surface area contributed by atoms with Crippen LogP contribution in [-0.4, -0.2) is 23.8 Å². The fourth-order valence-corrected chi connectivity index (χ4v) is 1.39. The molecular weight excluding hydrogens is 224 g/mol. The molecule has 0 aliphatic rings. The first-order chi connectivity index (χ1) is 8.20. The lowest BCUT2D eigenvalue weighted by molar-refractivity contribution is -0.234. The number of unbranched alkanes of at least 4 members (excludes halogenated alkanes) is 5. The van der Waals surface area contributed by atoms with Gasteiger partial charge in [0.1, 0.15) is 0 Å². The van der Waals surface area contributed by atoms with Gasteiger partial charge in [-0.15, -0.1) is 0 Å². The maximum Gasteiger partial charge on any atom is 0.342 e. The second kappa shape index (κ2) is 11.4. The molecule has 0 saturated heterocycles. The van der Waals surface area contributed by atoms with Crippen LogP contribution in [0.15, 0.2) is 0 Å². The Labute approximate surface area is 102 Å². The summed E-state index contributed by atoms with van der Waals surface area (Å²) in [5.41, 5.74) is 0. The van der Waals surface area contributed by atoms with Crippen molar-refractivity contribution < 1.29 is 24.5 Å². The third-order valence-corrected chi connectivity index (χ3v) is 2.40. The third kappa shape index (κ3) is 11.2. The van der Waals surface area contributed by atoms with Gasteiger partial charge >= 0.3 is 11.9 Å². The zero-order valence-corrected chi connectivity index (χ0v) is 10.4. The molecule has 100 valence electrons. The maximum atomic E-state index is 11.1. The van der Waals surface area contributed by atoms with E-state index in [9.17, 15) is 9.59 Å². The fraction of sp³-hybridized carbons (Fsp3) is 0.833. The maximum absolute atomic E-state index is 11.1. The van der Waals surface area contributed by atoms with Gasteiger partial charge in [-0.1, -0.05) is 39.0 Å². The molecule has 0 bridgehead atoms. The van der Waals surface area contributed by atoms with Crippen molar-refractivity contribution in [3.63, 3.8) is 0 Å². The molecule has 5 nitrogen and oxygen atoms in total. The molecule has 0 unspecified atom stereocenters. The van der Waals surface area contributed by atoms with Gasteiger partial charge in [0.2, 0.25) is 0 Å². The van der Waals surface area contributed by atoms with E-state index < -0.39 is 11.9 Å². The summed E-state index contributed by atoms with van der Waals surface area (Å²) in [7, 11) is 0. The second-order valence-corrected chi connectivity index (χ2v) is 3.95. The van der Waals surface area contributed by atoms with E-state index in [4.69, 9.17) is 9.99 Å². The van der Waals surface area contributed by atoms with Crippen LogP contribution >= 0.6 is 0 Å². The van der Waals surface area contributed by atoms with E-state index in [0.29, 0.717) is 6.61 Å². The number of carbonyl (C=O) groups is 2. The summed E-state index contributed by atoms with van der Waals surface area (Å²) in [5, 5.41) is 7.96. The van der Waals surface area contributed by atoms with Gasteiger partial charge < -0.3 is 9.62 Å². The molecule has 0 aliphatic carbocycles. The van der Waals surface area contributed by atoms with E-state index in [1.54, 1.807) is 0 Å². The van der Waals surface area contributed by atoms with Crippen LogP contribution in [0.5, 0.6) is 0 Å². The highest BCUT2D eigenvalue weighted by atomic mass is 17.1. The molecule has 0 aromatic heterocycles. The van der Waals surface area contributed by atoms with Crippen molar-refractivity contribution in [2.75, 3.05) is 6.61 Å².